The number of hydrogen-bond acceptors (Lipinski definition) is 5. The van der Waals surface area contributed by atoms with Crippen molar-refractivity contribution in [2.45, 2.75) is 51.6 Å². The molecule has 4 rings (SSSR count). The first kappa shape index (κ1) is 29.8. The monoisotopic (exact) mass is 578 g/mol. The highest BCUT2D eigenvalue weighted by atomic mass is 19.3. The Bertz CT molecular complexity index is 1460. The molecule has 0 N–H and O–H groups in total. The van der Waals surface area contributed by atoms with E-state index < -0.39 is 41.4 Å². The van der Waals surface area contributed by atoms with Crippen molar-refractivity contribution >= 4 is 12.2 Å². The highest BCUT2D eigenvalue weighted by Gasteiger charge is 2.46. The summed E-state index contributed by atoms with van der Waals surface area (Å²) < 4.78 is 87.8. The van der Waals surface area contributed by atoms with Gasteiger partial charge >= 0.3 is 12.3 Å². The lowest BCUT2D eigenvalue weighted by atomic mass is 9.62. The fourth-order valence-electron chi connectivity index (χ4n) is 4.39. The number of rotatable bonds is 11. The van der Waals surface area contributed by atoms with E-state index in [1.54, 1.807) is 33.6 Å². The summed E-state index contributed by atoms with van der Waals surface area (Å²) >= 11 is 0. The summed E-state index contributed by atoms with van der Waals surface area (Å²) in [5.74, 6) is -5.26. The molecule has 0 aliphatic carbocycles. The summed E-state index contributed by atoms with van der Waals surface area (Å²) in [5.41, 5.74) is -0.576. The fraction of sp³-hybridized carbons (Fsp3) is 0.357. The van der Waals surface area contributed by atoms with Crippen molar-refractivity contribution in [3.63, 3.8) is 0 Å². The quantitative estimate of drug-likeness (QED) is 0.196. The van der Waals surface area contributed by atoms with Gasteiger partial charge in [0.2, 0.25) is 0 Å². The lowest BCUT2D eigenvalue weighted by Gasteiger charge is -2.45. The number of ether oxygens (including phenoxy) is 1. The standard InChI is InChI=1S/C28H28F6N6O/c1-26(2,3)27(13-39-17-35-16-37-39,22-10-7-20(29)12-23(22)30)14-40-18-36-24(38-40)11-6-19-4-8-21(9-5-19)41-15-28(33,34)25(31)32/h4-12,16-18,25H,13-15H2,1-3H3/b11-6+. The molecule has 0 saturated heterocycles. The van der Waals surface area contributed by atoms with Crippen LogP contribution in [0.2, 0.25) is 0 Å². The fourth-order valence-corrected chi connectivity index (χ4v) is 4.39. The number of benzene rings is 2. The molecule has 0 amide bonds. The first-order chi connectivity index (χ1) is 19.3. The van der Waals surface area contributed by atoms with Crippen molar-refractivity contribution in [2.75, 3.05) is 6.61 Å². The molecule has 13 heteroatoms. The maximum absolute atomic E-state index is 15.3. The van der Waals surface area contributed by atoms with Crippen LogP contribution in [0.3, 0.4) is 0 Å². The average Bonchev–Trinajstić information content (AvgIpc) is 3.58. The molecule has 2 aromatic carbocycles. The average molecular weight is 579 g/mol. The smallest absolute Gasteiger partial charge is 0.340 e. The minimum absolute atomic E-state index is 0.0174. The molecule has 1 atom stereocenters. The van der Waals surface area contributed by atoms with Crippen molar-refractivity contribution in [1.29, 1.82) is 0 Å². The van der Waals surface area contributed by atoms with Crippen LogP contribution in [0.4, 0.5) is 26.3 Å². The first-order valence-electron chi connectivity index (χ1n) is 12.5. The third-order valence-corrected chi connectivity index (χ3v) is 6.82. The van der Waals surface area contributed by atoms with Gasteiger partial charge in [0.05, 0.1) is 13.1 Å². The molecule has 2 aromatic heterocycles. The molecule has 0 bridgehead atoms. The molecule has 4 aromatic rings. The molecule has 0 saturated carbocycles. The third kappa shape index (κ3) is 6.95. The Labute approximate surface area is 232 Å². The summed E-state index contributed by atoms with van der Waals surface area (Å²) in [7, 11) is 0. The summed E-state index contributed by atoms with van der Waals surface area (Å²) in [6.45, 7) is 4.82. The minimum Gasteiger partial charge on any atom is -0.487 e. The molecule has 7 nitrogen and oxygen atoms in total. The third-order valence-electron chi connectivity index (χ3n) is 6.82. The molecule has 0 fully saturated rings. The predicted molar refractivity (Wildman–Crippen MR) is 139 cm³/mol. The van der Waals surface area contributed by atoms with Crippen LogP contribution in [0.1, 0.15) is 37.7 Å². The van der Waals surface area contributed by atoms with Crippen molar-refractivity contribution < 1.29 is 31.1 Å². The van der Waals surface area contributed by atoms with E-state index in [9.17, 15) is 22.0 Å². The Morgan fingerprint density at radius 2 is 1.63 bits per heavy atom. The second-order valence-electron chi connectivity index (χ2n) is 10.6. The SMILES string of the molecule is CC(C)(C)C(Cn1cncn1)(Cn1cnc(/C=C/c2ccc(OCC(F)(F)C(F)F)cc2)n1)c1ccc(F)cc1F. The minimum atomic E-state index is -4.24. The normalized spacial score (nSPS) is 14.1. The van der Waals surface area contributed by atoms with Gasteiger partial charge in [0, 0.05) is 11.5 Å². The molecule has 0 spiro atoms. The topological polar surface area (TPSA) is 70.7 Å². The number of hydrogen-bond donors (Lipinski definition) is 0. The number of nitrogens with zero attached hydrogens (tertiary/aromatic N) is 6. The Morgan fingerprint density at radius 1 is 0.927 bits per heavy atom. The Morgan fingerprint density at radius 3 is 2.24 bits per heavy atom. The van der Waals surface area contributed by atoms with Gasteiger partial charge in [-0.1, -0.05) is 45.0 Å². The lowest BCUT2D eigenvalue weighted by molar-refractivity contribution is -0.148. The van der Waals surface area contributed by atoms with Crippen LogP contribution in [0.25, 0.3) is 12.2 Å². The van der Waals surface area contributed by atoms with Gasteiger partial charge in [-0.2, -0.15) is 19.0 Å². The van der Waals surface area contributed by atoms with E-state index in [4.69, 9.17) is 4.74 Å². The summed E-state index contributed by atoms with van der Waals surface area (Å²) in [4.78, 5) is 8.31. The van der Waals surface area contributed by atoms with E-state index in [2.05, 4.69) is 20.2 Å². The van der Waals surface area contributed by atoms with Gasteiger partial charge in [0.25, 0.3) is 0 Å². The summed E-state index contributed by atoms with van der Waals surface area (Å²) in [5, 5.41) is 8.72. The largest absolute Gasteiger partial charge is 0.487 e. The highest BCUT2D eigenvalue weighted by Crippen LogP contribution is 2.45. The second-order valence-corrected chi connectivity index (χ2v) is 10.6. The highest BCUT2D eigenvalue weighted by molar-refractivity contribution is 5.66. The van der Waals surface area contributed by atoms with E-state index in [-0.39, 0.29) is 18.8 Å². The molecule has 0 aliphatic heterocycles. The van der Waals surface area contributed by atoms with Crippen molar-refractivity contribution in [2.24, 2.45) is 5.41 Å². The van der Waals surface area contributed by atoms with Crippen LogP contribution in [0, 0.1) is 17.0 Å². The molecule has 41 heavy (non-hydrogen) atoms. The van der Waals surface area contributed by atoms with Crippen LogP contribution >= 0.6 is 0 Å². The van der Waals surface area contributed by atoms with E-state index in [1.165, 1.54) is 43.2 Å². The Balaban J connectivity index is 1.55. The zero-order valence-corrected chi connectivity index (χ0v) is 22.5. The predicted octanol–water partition coefficient (Wildman–Crippen LogP) is 6.28. The van der Waals surface area contributed by atoms with E-state index in [0.717, 1.165) is 6.07 Å². The zero-order chi connectivity index (χ0) is 29.8. The van der Waals surface area contributed by atoms with Crippen molar-refractivity contribution in [1.82, 2.24) is 29.5 Å². The summed E-state index contributed by atoms with van der Waals surface area (Å²) in [6.07, 6.45) is 3.88. The number of aromatic nitrogens is 6. The van der Waals surface area contributed by atoms with Crippen LogP contribution in [0.15, 0.2) is 61.4 Å². The van der Waals surface area contributed by atoms with Crippen LogP contribution in [-0.4, -0.2) is 48.5 Å². The molecule has 218 valence electrons. The van der Waals surface area contributed by atoms with Gasteiger partial charge < -0.3 is 4.74 Å². The molecule has 1 unspecified atom stereocenters. The molecular weight excluding hydrogens is 550 g/mol. The molecular formula is C28H28F6N6O. The summed E-state index contributed by atoms with van der Waals surface area (Å²) in [6, 6.07) is 9.39. The van der Waals surface area contributed by atoms with Gasteiger partial charge in [0.15, 0.2) is 12.4 Å². The molecule has 2 heterocycles. The maximum atomic E-state index is 15.3. The van der Waals surface area contributed by atoms with E-state index in [1.807, 2.05) is 20.8 Å². The Hall–Kier alpha value is -4.16. The van der Waals surface area contributed by atoms with Gasteiger partial charge in [0.1, 0.15) is 36.4 Å². The van der Waals surface area contributed by atoms with Crippen LogP contribution < -0.4 is 4.74 Å². The zero-order valence-electron chi connectivity index (χ0n) is 22.5. The maximum Gasteiger partial charge on any atom is 0.340 e. The molecule has 0 aliphatic rings. The van der Waals surface area contributed by atoms with Gasteiger partial charge in [-0.15, -0.1) is 0 Å². The van der Waals surface area contributed by atoms with Crippen molar-refractivity contribution in [3.8, 4) is 5.75 Å². The number of alkyl halides is 4. The Kier molecular flexibility index (Phi) is 8.55. The van der Waals surface area contributed by atoms with Gasteiger partial charge in [-0.05, 0) is 40.8 Å². The van der Waals surface area contributed by atoms with Crippen molar-refractivity contribution in [3.05, 3.63) is 90.0 Å². The van der Waals surface area contributed by atoms with Gasteiger partial charge in [-0.3, -0.25) is 9.36 Å². The number of halogens is 6. The van der Waals surface area contributed by atoms with E-state index in [0.29, 0.717) is 17.0 Å². The first-order valence-corrected chi connectivity index (χ1v) is 12.5. The lowest BCUT2D eigenvalue weighted by Crippen LogP contribution is -2.48. The van der Waals surface area contributed by atoms with Gasteiger partial charge in [-0.25, -0.2) is 27.5 Å². The molecule has 0 radical (unpaired) electrons. The van der Waals surface area contributed by atoms with Crippen LogP contribution in [-0.2, 0) is 18.5 Å². The van der Waals surface area contributed by atoms with Crippen LogP contribution in [0.5, 0.6) is 5.75 Å². The van der Waals surface area contributed by atoms with E-state index >= 15 is 4.39 Å². The second kappa shape index (κ2) is 11.8.